The predicted octanol–water partition coefficient (Wildman–Crippen LogP) is 5.08. The summed E-state index contributed by atoms with van der Waals surface area (Å²) in [7, 11) is 1.33. The zero-order valence-corrected chi connectivity index (χ0v) is 22.9. The van der Waals surface area contributed by atoms with Crippen molar-refractivity contribution in [1.29, 1.82) is 0 Å². The van der Waals surface area contributed by atoms with Gasteiger partial charge in [-0.2, -0.15) is 0 Å². The molecule has 5 rings (SSSR count). The van der Waals surface area contributed by atoms with Crippen LogP contribution in [0.15, 0.2) is 63.9 Å². The molecule has 216 valence electrons. The molecular formula is C30H26F2N4O6. The van der Waals surface area contributed by atoms with Gasteiger partial charge < -0.3 is 29.0 Å². The van der Waals surface area contributed by atoms with E-state index in [0.717, 1.165) is 17.2 Å². The Balaban J connectivity index is 1.32. The van der Waals surface area contributed by atoms with Gasteiger partial charge in [0.2, 0.25) is 0 Å². The monoisotopic (exact) mass is 576 g/mol. The van der Waals surface area contributed by atoms with Crippen molar-refractivity contribution in [3.8, 4) is 28.5 Å². The third-order valence-corrected chi connectivity index (χ3v) is 6.40. The fourth-order valence-corrected chi connectivity index (χ4v) is 4.34. The summed E-state index contributed by atoms with van der Waals surface area (Å²) in [6.07, 6.45) is 0. The van der Waals surface area contributed by atoms with Crippen LogP contribution in [0.2, 0.25) is 0 Å². The number of hydrogen-bond donors (Lipinski definition) is 2. The van der Waals surface area contributed by atoms with Crippen molar-refractivity contribution in [2.75, 3.05) is 13.7 Å². The molecule has 2 heterocycles. The molecule has 0 aliphatic heterocycles. The highest BCUT2D eigenvalue weighted by Gasteiger charge is 2.19. The molecule has 0 saturated carbocycles. The van der Waals surface area contributed by atoms with Crippen LogP contribution >= 0.6 is 0 Å². The van der Waals surface area contributed by atoms with E-state index in [1.165, 1.54) is 31.4 Å². The topological polar surface area (TPSA) is 129 Å². The van der Waals surface area contributed by atoms with Gasteiger partial charge in [0, 0.05) is 6.54 Å². The average molecular weight is 577 g/mol. The number of aromatic nitrogens is 3. The molecule has 0 atom stereocenters. The smallest absolute Gasteiger partial charge is 0.287 e. The largest absolute Gasteiger partial charge is 0.494 e. The van der Waals surface area contributed by atoms with Gasteiger partial charge in [-0.25, -0.2) is 13.8 Å². The molecule has 10 nitrogen and oxygen atoms in total. The molecule has 2 aromatic heterocycles. The summed E-state index contributed by atoms with van der Waals surface area (Å²) in [5, 5.41) is 6.41. The lowest BCUT2D eigenvalue weighted by atomic mass is 10.0. The molecule has 42 heavy (non-hydrogen) atoms. The molecular weight excluding hydrogens is 550 g/mol. The second-order valence-electron chi connectivity index (χ2n) is 9.17. The summed E-state index contributed by atoms with van der Waals surface area (Å²) in [5.41, 5.74) is 2.17. The molecule has 0 unspecified atom stereocenters. The van der Waals surface area contributed by atoms with Crippen molar-refractivity contribution < 1.29 is 32.3 Å². The summed E-state index contributed by atoms with van der Waals surface area (Å²) in [6, 6.07) is 13.8. The van der Waals surface area contributed by atoms with E-state index >= 15 is 0 Å². The van der Waals surface area contributed by atoms with Crippen molar-refractivity contribution in [2.45, 2.75) is 27.0 Å². The van der Waals surface area contributed by atoms with Gasteiger partial charge >= 0.3 is 0 Å². The number of H-pyrrole nitrogens is 1. The highest BCUT2D eigenvalue weighted by Crippen LogP contribution is 2.33. The summed E-state index contributed by atoms with van der Waals surface area (Å²) >= 11 is 0. The van der Waals surface area contributed by atoms with Crippen molar-refractivity contribution in [2.24, 2.45) is 0 Å². The summed E-state index contributed by atoms with van der Waals surface area (Å²) in [6.45, 7) is 4.06. The van der Waals surface area contributed by atoms with Gasteiger partial charge in [0.1, 0.15) is 17.8 Å². The molecule has 1 amide bonds. The highest BCUT2D eigenvalue weighted by molar-refractivity contribution is 5.93. The Morgan fingerprint density at radius 3 is 2.50 bits per heavy atom. The Morgan fingerprint density at radius 1 is 1.02 bits per heavy atom. The van der Waals surface area contributed by atoms with E-state index in [0.29, 0.717) is 29.4 Å². The SMILES string of the molecule is CCOc1noc(C)c1-c1ccc(COc2c(F)ccc3nc(C(=O)NCc4ccc(F)c(OC)c4)[nH]c(=O)c23)cc1. The average Bonchev–Trinajstić information content (AvgIpc) is 3.36. The second kappa shape index (κ2) is 12.1. The predicted molar refractivity (Wildman–Crippen MR) is 149 cm³/mol. The van der Waals surface area contributed by atoms with Crippen LogP contribution in [0.1, 0.15) is 34.4 Å². The fraction of sp³-hybridized carbons (Fsp3) is 0.200. The van der Waals surface area contributed by atoms with Crippen molar-refractivity contribution in [3.05, 3.63) is 99.3 Å². The van der Waals surface area contributed by atoms with Crippen LogP contribution in [0.25, 0.3) is 22.0 Å². The minimum Gasteiger partial charge on any atom is -0.494 e. The number of nitrogens with one attached hydrogen (secondary N) is 2. The van der Waals surface area contributed by atoms with Gasteiger partial charge in [-0.3, -0.25) is 9.59 Å². The maximum absolute atomic E-state index is 14.8. The van der Waals surface area contributed by atoms with Crippen LogP contribution in [0.4, 0.5) is 8.78 Å². The standard InChI is InChI=1S/C30H26F2N4O6/c1-4-40-30-24(16(2)42-36-30)19-8-5-17(6-9-19)15-41-26-21(32)11-12-22-25(26)28(37)35-27(34-22)29(38)33-14-18-7-10-20(31)23(13-18)39-3/h5-13H,4,14-15H2,1-3H3,(H,33,38)(H,34,35,37). The molecule has 0 saturated heterocycles. The van der Waals surface area contributed by atoms with Gasteiger partial charge in [0.15, 0.2) is 29.0 Å². The second-order valence-corrected chi connectivity index (χ2v) is 9.17. The summed E-state index contributed by atoms with van der Waals surface area (Å²) in [4.78, 5) is 32.3. The first-order valence-electron chi connectivity index (χ1n) is 12.9. The third kappa shape index (κ3) is 5.78. The number of aryl methyl sites for hydroxylation is 1. The van der Waals surface area contributed by atoms with Crippen molar-refractivity contribution >= 4 is 16.8 Å². The number of ether oxygens (including phenoxy) is 3. The molecule has 3 aromatic carbocycles. The zero-order chi connectivity index (χ0) is 29.8. The van der Waals surface area contributed by atoms with E-state index < -0.39 is 23.1 Å². The maximum Gasteiger partial charge on any atom is 0.287 e. The Kier molecular flexibility index (Phi) is 8.14. The van der Waals surface area contributed by atoms with Crippen LogP contribution in [-0.4, -0.2) is 34.7 Å². The number of methoxy groups -OCH3 is 1. The summed E-state index contributed by atoms with van der Waals surface area (Å²) in [5.74, 6) is -1.49. The van der Waals surface area contributed by atoms with Crippen molar-refractivity contribution in [3.63, 3.8) is 0 Å². The van der Waals surface area contributed by atoms with Crippen molar-refractivity contribution in [1.82, 2.24) is 20.4 Å². The third-order valence-electron chi connectivity index (χ3n) is 6.40. The molecule has 0 aliphatic carbocycles. The number of fused-ring (bicyclic) bond motifs is 1. The number of nitrogens with zero attached hydrogens (tertiary/aromatic N) is 2. The molecule has 12 heteroatoms. The van der Waals surface area contributed by atoms with E-state index in [1.807, 2.05) is 19.1 Å². The molecule has 0 aliphatic rings. The van der Waals surface area contributed by atoms with Gasteiger partial charge in [0.05, 0.1) is 24.8 Å². The maximum atomic E-state index is 14.8. The van der Waals surface area contributed by atoms with Crippen LogP contribution in [0, 0.1) is 18.6 Å². The number of amides is 1. The summed E-state index contributed by atoms with van der Waals surface area (Å²) < 4.78 is 49.9. The molecule has 0 radical (unpaired) electrons. The van der Waals surface area contributed by atoms with E-state index in [-0.39, 0.29) is 41.4 Å². The minimum atomic E-state index is -0.754. The highest BCUT2D eigenvalue weighted by atomic mass is 19.1. The number of carbonyl (C=O) groups is 1. The lowest BCUT2D eigenvalue weighted by Crippen LogP contribution is -2.27. The van der Waals surface area contributed by atoms with E-state index in [2.05, 4.69) is 20.4 Å². The first kappa shape index (κ1) is 28.3. The number of benzene rings is 3. The zero-order valence-electron chi connectivity index (χ0n) is 22.9. The first-order valence-corrected chi connectivity index (χ1v) is 12.9. The number of aromatic amines is 1. The quantitative estimate of drug-likeness (QED) is 0.236. The molecule has 5 aromatic rings. The van der Waals surface area contributed by atoms with Crippen LogP contribution in [0.5, 0.6) is 17.4 Å². The Morgan fingerprint density at radius 2 is 1.76 bits per heavy atom. The number of carbonyl (C=O) groups excluding carboxylic acids is 1. The normalized spacial score (nSPS) is 11.0. The molecule has 0 bridgehead atoms. The molecule has 0 fully saturated rings. The number of rotatable bonds is 10. The van der Waals surface area contributed by atoms with E-state index in [1.54, 1.807) is 19.1 Å². The first-order chi connectivity index (χ1) is 20.3. The fourth-order valence-electron chi connectivity index (χ4n) is 4.34. The minimum absolute atomic E-state index is 0.0252. The number of hydrogen-bond acceptors (Lipinski definition) is 8. The van der Waals surface area contributed by atoms with E-state index in [9.17, 15) is 18.4 Å². The lowest BCUT2D eigenvalue weighted by Gasteiger charge is -2.11. The van der Waals surface area contributed by atoms with Gasteiger partial charge in [-0.15, -0.1) is 0 Å². The van der Waals surface area contributed by atoms with Crippen LogP contribution in [0.3, 0.4) is 0 Å². The lowest BCUT2D eigenvalue weighted by molar-refractivity contribution is 0.0940. The molecule has 2 N–H and O–H groups in total. The van der Waals surface area contributed by atoms with Gasteiger partial charge in [-0.1, -0.05) is 30.3 Å². The number of halogens is 2. The van der Waals surface area contributed by atoms with Crippen LogP contribution < -0.4 is 25.1 Å². The Hall–Kier alpha value is -5.26. The Bertz CT molecular complexity index is 1820. The van der Waals surface area contributed by atoms with Crippen LogP contribution in [-0.2, 0) is 13.2 Å². The molecule has 0 spiro atoms. The van der Waals surface area contributed by atoms with E-state index in [4.69, 9.17) is 18.7 Å². The van der Waals surface area contributed by atoms with Gasteiger partial charge in [0.25, 0.3) is 17.3 Å². The Labute approximate surface area is 238 Å². The van der Waals surface area contributed by atoms with Gasteiger partial charge in [-0.05, 0) is 60.0 Å².